The summed E-state index contributed by atoms with van der Waals surface area (Å²) in [6, 6.07) is 4.58. The first-order chi connectivity index (χ1) is 16.8. The molecule has 0 aliphatic carbocycles. The number of esters is 1. The van der Waals surface area contributed by atoms with Crippen LogP contribution in [0.1, 0.15) is 32.1 Å². The zero-order chi connectivity index (χ0) is 24.9. The Balaban J connectivity index is 1.27. The number of fused-ring (bicyclic) bond motifs is 1. The predicted molar refractivity (Wildman–Crippen MR) is 119 cm³/mol. The fourth-order valence-corrected chi connectivity index (χ4v) is 4.90. The maximum Gasteiger partial charge on any atom is 0.422 e. The molecule has 2 aliphatic heterocycles. The van der Waals surface area contributed by atoms with Crippen LogP contribution in [0.25, 0.3) is 11.0 Å². The number of hydrogen-bond donors (Lipinski definition) is 0. The molecule has 2 aliphatic rings. The summed E-state index contributed by atoms with van der Waals surface area (Å²) >= 11 is 0. The van der Waals surface area contributed by atoms with Crippen molar-refractivity contribution in [2.24, 2.45) is 11.3 Å². The lowest BCUT2D eigenvalue weighted by Gasteiger charge is -2.41. The van der Waals surface area contributed by atoms with Gasteiger partial charge in [0.25, 0.3) is 5.88 Å². The third-order valence-electron chi connectivity index (χ3n) is 6.89. The van der Waals surface area contributed by atoms with Crippen molar-refractivity contribution in [2.45, 2.75) is 38.3 Å². The van der Waals surface area contributed by atoms with Gasteiger partial charge in [0, 0.05) is 19.8 Å². The maximum absolute atomic E-state index is 12.6. The lowest BCUT2D eigenvalue weighted by molar-refractivity contribution is -0.160. The highest BCUT2D eigenvalue weighted by Crippen LogP contribution is 2.36. The number of piperidine rings is 1. The summed E-state index contributed by atoms with van der Waals surface area (Å²) in [5.74, 6) is 0.440. The SMILES string of the molecule is COC(=O)C1(CN2CCC(CCOc3noc4cccc(OCC(F)(F)F)c34)CC2)CCOCC1. The first-order valence-corrected chi connectivity index (χ1v) is 11.9. The minimum atomic E-state index is -4.45. The van der Waals surface area contributed by atoms with E-state index >= 15 is 0 Å². The van der Waals surface area contributed by atoms with Gasteiger partial charge in [-0.15, -0.1) is 0 Å². The molecule has 1 aromatic carbocycles. The van der Waals surface area contributed by atoms with Crippen LogP contribution in [0, 0.1) is 11.3 Å². The summed E-state index contributed by atoms with van der Waals surface area (Å²) in [6.07, 6.45) is -0.380. The summed E-state index contributed by atoms with van der Waals surface area (Å²) in [6.45, 7) is 2.55. The first-order valence-electron chi connectivity index (χ1n) is 11.9. The number of rotatable bonds is 9. The molecule has 35 heavy (non-hydrogen) atoms. The molecule has 11 heteroatoms. The molecule has 2 fully saturated rings. The highest BCUT2D eigenvalue weighted by Gasteiger charge is 2.43. The summed E-state index contributed by atoms with van der Waals surface area (Å²) in [5.41, 5.74) is -0.191. The van der Waals surface area contributed by atoms with Crippen molar-refractivity contribution in [3.63, 3.8) is 0 Å². The van der Waals surface area contributed by atoms with Gasteiger partial charge in [-0.05, 0) is 68.4 Å². The van der Waals surface area contributed by atoms with E-state index in [2.05, 4.69) is 10.1 Å². The average Bonchev–Trinajstić information content (AvgIpc) is 3.27. The van der Waals surface area contributed by atoms with Crippen molar-refractivity contribution in [3.05, 3.63) is 18.2 Å². The van der Waals surface area contributed by atoms with Crippen LogP contribution >= 0.6 is 0 Å². The van der Waals surface area contributed by atoms with E-state index in [9.17, 15) is 18.0 Å². The minimum absolute atomic E-state index is 0.0250. The zero-order valence-corrected chi connectivity index (χ0v) is 19.8. The molecule has 8 nitrogen and oxygen atoms in total. The lowest BCUT2D eigenvalue weighted by Crippen LogP contribution is -2.49. The van der Waals surface area contributed by atoms with Gasteiger partial charge in [0.2, 0.25) is 0 Å². The molecule has 4 rings (SSSR count). The summed E-state index contributed by atoms with van der Waals surface area (Å²) < 4.78 is 64.2. The van der Waals surface area contributed by atoms with Gasteiger partial charge in [0.1, 0.15) is 11.1 Å². The van der Waals surface area contributed by atoms with Crippen LogP contribution in [-0.2, 0) is 14.3 Å². The molecule has 0 N–H and O–H groups in total. The average molecular weight is 501 g/mol. The molecule has 0 saturated carbocycles. The zero-order valence-electron chi connectivity index (χ0n) is 19.8. The van der Waals surface area contributed by atoms with Crippen LogP contribution < -0.4 is 9.47 Å². The number of aromatic nitrogens is 1. The second-order valence-corrected chi connectivity index (χ2v) is 9.26. The van der Waals surface area contributed by atoms with Gasteiger partial charge in [0.15, 0.2) is 12.2 Å². The number of benzene rings is 1. The van der Waals surface area contributed by atoms with Crippen molar-refractivity contribution in [1.29, 1.82) is 0 Å². The van der Waals surface area contributed by atoms with Gasteiger partial charge in [-0.1, -0.05) is 6.07 Å². The number of alkyl halides is 3. The largest absolute Gasteiger partial charge is 0.483 e. The molecule has 0 spiro atoms. The van der Waals surface area contributed by atoms with E-state index < -0.39 is 18.2 Å². The number of methoxy groups -OCH3 is 1. The van der Waals surface area contributed by atoms with Crippen LogP contribution in [0.5, 0.6) is 11.6 Å². The molecule has 0 amide bonds. The van der Waals surface area contributed by atoms with Crippen LogP contribution in [0.4, 0.5) is 13.2 Å². The van der Waals surface area contributed by atoms with Crippen LogP contribution in [0.2, 0.25) is 0 Å². The first kappa shape index (κ1) is 25.6. The van der Waals surface area contributed by atoms with E-state index in [1.165, 1.54) is 13.2 Å². The second kappa shape index (κ2) is 11.0. The number of halogens is 3. The monoisotopic (exact) mass is 500 g/mol. The van der Waals surface area contributed by atoms with Crippen molar-refractivity contribution in [2.75, 3.05) is 53.2 Å². The van der Waals surface area contributed by atoms with Gasteiger partial charge in [-0.3, -0.25) is 4.79 Å². The van der Waals surface area contributed by atoms with Gasteiger partial charge in [-0.25, -0.2) is 0 Å². The summed E-state index contributed by atoms with van der Waals surface area (Å²) in [4.78, 5) is 14.8. The third-order valence-corrected chi connectivity index (χ3v) is 6.89. The van der Waals surface area contributed by atoms with Gasteiger partial charge >= 0.3 is 12.1 Å². The van der Waals surface area contributed by atoms with Crippen LogP contribution in [0.3, 0.4) is 0 Å². The normalized spacial score (nSPS) is 19.5. The molecular weight excluding hydrogens is 469 g/mol. The highest BCUT2D eigenvalue weighted by molar-refractivity contribution is 5.88. The third kappa shape index (κ3) is 6.38. The van der Waals surface area contributed by atoms with Crippen LogP contribution in [0.15, 0.2) is 22.7 Å². The fraction of sp³-hybridized carbons (Fsp3) is 0.667. The molecule has 2 saturated heterocycles. The predicted octanol–water partition coefficient (Wildman–Crippen LogP) is 4.22. The number of carbonyl (C=O) groups is 1. The molecule has 2 aromatic rings. The quantitative estimate of drug-likeness (QED) is 0.474. The number of nitrogens with zero attached hydrogens (tertiary/aromatic N) is 2. The minimum Gasteiger partial charge on any atom is -0.483 e. The van der Waals surface area contributed by atoms with E-state index in [4.69, 9.17) is 23.5 Å². The van der Waals surface area contributed by atoms with E-state index in [0.717, 1.165) is 32.4 Å². The number of likely N-dealkylation sites (tertiary alicyclic amines) is 1. The molecule has 194 valence electrons. The Labute approximate surface area is 201 Å². The van der Waals surface area contributed by atoms with Crippen molar-refractivity contribution in [1.82, 2.24) is 10.1 Å². The Morgan fingerprint density at radius 3 is 2.63 bits per heavy atom. The Bertz CT molecular complexity index is 981. The van der Waals surface area contributed by atoms with Crippen LogP contribution in [-0.4, -0.2) is 75.4 Å². The maximum atomic E-state index is 12.6. The molecule has 1 aromatic heterocycles. The Hall–Kier alpha value is -2.53. The number of carbonyl (C=O) groups excluding carboxylic acids is 1. The van der Waals surface area contributed by atoms with E-state index in [0.29, 0.717) is 56.1 Å². The van der Waals surface area contributed by atoms with Gasteiger partial charge < -0.3 is 28.4 Å². The fourth-order valence-electron chi connectivity index (χ4n) is 4.90. The van der Waals surface area contributed by atoms with Crippen molar-refractivity contribution >= 4 is 16.9 Å². The van der Waals surface area contributed by atoms with E-state index in [1.807, 2.05) is 0 Å². The number of hydrogen-bond acceptors (Lipinski definition) is 8. The van der Waals surface area contributed by atoms with Crippen molar-refractivity contribution in [3.8, 4) is 11.6 Å². The summed E-state index contributed by atoms with van der Waals surface area (Å²) in [5, 5.41) is 4.17. The molecule has 0 bridgehead atoms. The van der Waals surface area contributed by atoms with Gasteiger partial charge in [0.05, 0.1) is 19.1 Å². The second-order valence-electron chi connectivity index (χ2n) is 9.26. The van der Waals surface area contributed by atoms with E-state index in [-0.39, 0.29) is 17.6 Å². The molecule has 0 radical (unpaired) electrons. The Kier molecular flexibility index (Phi) is 8.05. The van der Waals surface area contributed by atoms with E-state index in [1.54, 1.807) is 12.1 Å². The standard InChI is InChI=1S/C24H31F3N2O6/c1-31-22(30)23(8-13-32-14-9-23)15-29-10-5-17(6-11-29)7-12-33-21-20-18(34-16-24(25,26)27)3-2-4-19(20)35-28-21/h2-4,17H,5-16H2,1H3. The Morgan fingerprint density at radius 1 is 1.20 bits per heavy atom. The van der Waals surface area contributed by atoms with Gasteiger partial charge in [-0.2, -0.15) is 13.2 Å². The summed E-state index contributed by atoms with van der Waals surface area (Å²) in [7, 11) is 1.44. The lowest BCUT2D eigenvalue weighted by atomic mass is 9.79. The Morgan fingerprint density at radius 2 is 1.94 bits per heavy atom. The topological polar surface area (TPSA) is 83.3 Å². The number of ether oxygens (including phenoxy) is 4. The van der Waals surface area contributed by atoms with Crippen molar-refractivity contribution < 1.29 is 41.4 Å². The smallest absolute Gasteiger partial charge is 0.422 e. The highest BCUT2D eigenvalue weighted by atomic mass is 19.4. The molecule has 0 atom stereocenters. The molecule has 0 unspecified atom stereocenters. The molecular formula is C24H31F3N2O6. The molecule has 3 heterocycles.